The molecule has 0 radical (unpaired) electrons. The summed E-state index contributed by atoms with van der Waals surface area (Å²) in [7, 11) is 6.17. The van der Waals surface area contributed by atoms with Gasteiger partial charge in [-0.2, -0.15) is 0 Å². The molecule has 0 aliphatic heterocycles. The summed E-state index contributed by atoms with van der Waals surface area (Å²) in [6.45, 7) is 4.95. The molecule has 1 unspecified atom stereocenters. The first-order valence-electron chi connectivity index (χ1n) is 11.4. The van der Waals surface area contributed by atoms with E-state index in [1.807, 2.05) is 0 Å². The Kier molecular flexibility index (Phi) is 9.17. The normalized spacial score (nSPS) is 13.2. The van der Waals surface area contributed by atoms with Crippen LogP contribution in [-0.2, 0) is 15.7 Å². The molecule has 0 aliphatic rings. The summed E-state index contributed by atoms with van der Waals surface area (Å²) in [5, 5.41) is 8.06. The van der Waals surface area contributed by atoms with Crippen LogP contribution in [0, 0.1) is 5.41 Å². The molecule has 0 aromatic heterocycles. The van der Waals surface area contributed by atoms with E-state index < -0.39 is 31.6 Å². The first-order chi connectivity index (χ1) is 16.5. The second kappa shape index (κ2) is 12.1. The van der Waals surface area contributed by atoms with Gasteiger partial charge >= 0.3 is 219 Å². The molecule has 0 aliphatic carbocycles. The number of hydrogen-bond acceptors (Lipinski definition) is 0. The molecule has 0 saturated heterocycles. The zero-order chi connectivity index (χ0) is 24.0. The van der Waals surface area contributed by atoms with Crippen molar-refractivity contribution in [3.05, 3.63) is 121 Å². The van der Waals surface area contributed by atoms with E-state index >= 15 is 0 Å². The van der Waals surface area contributed by atoms with Gasteiger partial charge in [0.1, 0.15) is 0 Å². The quantitative estimate of drug-likeness (QED) is 0.139. The van der Waals surface area contributed by atoms with E-state index in [2.05, 4.69) is 141 Å². The molecule has 0 nitrogen and oxygen atoms in total. The molecule has 4 rings (SSSR count). The molecule has 0 fully saturated rings. The summed E-state index contributed by atoms with van der Waals surface area (Å²) in [5.74, 6) is 0. The number of halogens is 1. The van der Waals surface area contributed by atoms with Crippen LogP contribution in [0.1, 0.15) is 13.8 Å². The van der Waals surface area contributed by atoms with Crippen molar-refractivity contribution < 1.29 is 15.7 Å². The SMILES string of the molecule is [CH3][Pd]([Cl])[CH](P(c1ccccc1)c1ccccc1)C(C)(C)CP(c1ccccc1)c1ccccc1. The Balaban J connectivity index is 1.78. The van der Waals surface area contributed by atoms with Crippen LogP contribution in [0.4, 0.5) is 0 Å². The van der Waals surface area contributed by atoms with Gasteiger partial charge in [0.15, 0.2) is 0 Å². The van der Waals surface area contributed by atoms with E-state index in [4.69, 9.17) is 9.53 Å². The van der Waals surface area contributed by atoms with Gasteiger partial charge in [-0.15, -0.1) is 0 Å². The minimum absolute atomic E-state index is 0.0756. The van der Waals surface area contributed by atoms with Gasteiger partial charge in [0.2, 0.25) is 0 Å². The third-order valence-electron chi connectivity index (χ3n) is 5.82. The summed E-state index contributed by atoms with van der Waals surface area (Å²) in [5.41, 5.74) is 0.0756. The monoisotopic (exact) mass is 595 g/mol. The van der Waals surface area contributed by atoms with Gasteiger partial charge in [-0.05, 0) is 0 Å². The molecular weight excluding hydrogens is 564 g/mol. The average Bonchev–Trinajstić information content (AvgIpc) is 2.87. The Morgan fingerprint density at radius 3 is 1.26 bits per heavy atom. The summed E-state index contributed by atoms with van der Waals surface area (Å²) >= 11 is -1.29. The van der Waals surface area contributed by atoms with E-state index in [1.165, 1.54) is 21.2 Å². The number of hydrogen-bond donors (Lipinski definition) is 0. The van der Waals surface area contributed by atoms with Gasteiger partial charge < -0.3 is 0 Å². The first kappa shape index (κ1) is 25.8. The molecule has 0 bridgehead atoms. The Morgan fingerprint density at radius 2 is 0.941 bits per heavy atom. The fourth-order valence-corrected chi connectivity index (χ4v) is 17.4. The van der Waals surface area contributed by atoms with Crippen LogP contribution in [0.25, 0.3) is 0 Å². The zero-order valence-corrected chi connectivity index (χ0v) is 24.0. The summed E-state index contributed by atoms with van der Waals surface area (Å²) in [4.78, 5) is 0. The van der Waals surface area contributed by atoms with E-state index in [0.29, 0.717) is 4.13 Å². The molecule has 4 heteroatoms. The molecule has 0 spiro atoms. The van der Waals surface area contributed by atoms with Crippen molar-refractivity contribution in [1.82, 2.24) is 0 Å². The van der Waals surface area contributed by atoms with E-state index in [9.17, 15) is 0 Å². The molecule has 4 aromatic carbocycles. The Hall–Kier alpha value is -1.31. The molecule has 0 heterocycles. The zero-order valence-electron chi connectivity index (χ0n) is 19.9. The van der Waals surface area contributed by atoms with Crippen molar-refractivity contribution in [2.75, 3.05) is 6.16 Å². The van der Waals surface area contributed by atoms with Gasteiger partial charge in [0, 0.05) is 0 Å². The van der Waals surface area contributed by atoms with Crippen molar-refractivity contribution >= 4 is 46.6 Å². The van der Waals surface area contributed by atoms with Crippen molar-refractivity contribution in [1.29, 1.82) is 0 Å². The Labute approximate surface area is 217 Å². The van der Waals surface area contributed by atoms with Gasteiger partial charge in [-0.3, -0.25) is 0 Å². The fourth-order valence-electron chi connectivity index (χ4n) is 4.40. The van der Waals surface area contributed by atoms with E-state index in [1.54, 1.807) is 0 Å². The molecule has 4 aromatic rings. The second-order valence-corrected chi connectivity index (χ2v) is 19.1. The molecule has 34 heavy (non-hydrogen) atoms. The molecule has 0 saturated carbocycles. The van der Waals surface area contributed by atoms with E-state index in [0.717, 1.165) is 6.16 Å². The maximum absolute atomic E-state index is 7.24. The third-order valence-corrected chi connectivity index (χ3v) is 18.0. The van der Waals surface area contributed by atoms with Gasteiger partial charge in [-0.1, -0.05) is 0 Å². The van der Waals surface area contributed by atoms with Crippen LogP contribution in [0.5, 0.6) is 0 Å². The van der Waals surface area contributed by atoms with Crippen LogP contribution < -0.4 is 21.2 Å². The number of benzene rings is 4. The van der Waals surface area contributed by atoms with Crippen molar-refractivity contribution in [2.45, 2.75) is 23.4 Å². The predicted molar refractivity (Wildman–Crippen MR) is 152 cm³/mol. The van der Waals surface area contributed by atoms with Crippen molar-refractivity contribution in [3.8, 4) is 0 Å². The predicted octanol–water partition coefficient (Wildman–Crippen LogP) is 7.42. The minimum atomic E-state index is -1.29. The Bertz CT molecular complexity index is 1060. The molecular formula is C30H32ClP2Pd. The standard InChI is InChI=1S/C29H29P2.CH3.ClH.Pd/c1-29(2,23-30(25-15-7-3-8-16-25)26-17-9-4-10-18-26)24-31(27-19-11-5-12-20-27)28-21-13-6-14-22-28;;;/h3-23H,24H2,1-2H3;1H3;1H;/q;;;+1/p-1. The average molecular weight is 596 g/mol. The van der Waals surface area contributed by atoms with Crippen LogP contribution in [0.15, 0.2) is 121 Å². The summed E-state index contributed by atoms with van der Waals surface area (Å²) < 4.78 is 0.442. The summed E-state index contributed by atoms with van der Waals surface area (Å²) in [6, 6.07) is 44.3. The third kappa shape index (κ3) is 6.27. The van der Waals surface area contributed by atoms with Crippen LogP contribution in [0.3, 0.4) is 0 Å². The maximum atomic E-state index is 7.24. The second-order valence-electron chi connectivity index (χ2n) is 8.96. The number of rotatable bonds is 9. The molecule has 179 valence electrons. The topological polar surface area (TPSA) is 0 Å². The van der Waals surface area contributed by atoms with Gasteiger partial charge in [-0.25, -0.2) is 0 Å². The van der Waals surface area contributed by atoms with Gasteiger partial charge in [0.05, 0.1) is 0 Å². The molecule has 0 N–H and O–H groups in total. The van der Waals surface area contributed by atoms with Crippen LogP contribution in [0.2, 0.25) is 5.40 Å². The van der Waals surface area contributed by atoms with Gasteiger partial charge in [0.25, 0.3) is 0 Å². The van der Waals surface area contributed by atoms with E-state index in [-0.39, 0.29) is 5.41 Å². The Morgan fingerprint density at radius 1 is 0.618 bits per heavy atom. The van der Waals surface area contributed by atoms with Crippen LogP contribution >= 0.6 is 25.4 Å². The van der Waals surface area contributed by atoms with Crippen molar-refractivity contribution in [3.63, 3.8) is 0 Å². The molecule has 1 atom stereocenters. The first-order valence-corrected chi connectivity index (χ1v) is 18.8. The van der Waals surface area contributed by atoms with Crippen LogP contribution in [-0.4, -0.2) is 10.3 Å². The fraction of sp³-hybridized carbons (Fsp3) is 0.200. The molecule has 0 amide bonds. The summed E-state index contributed by atoms with van der Waals surface area (Å²) in [6.07, 6.45) is 1.12. The van der Waals surface area contributed by atoms with Crippen molar-refractivity contribution in [2.24, 2.45) is 5.41 Å².